The van der Waals surface area contributed by atoms with Crippen LogP contribution in [0.1, 0.15) is 11.1 Å². The molecule has 0 atom stereocenters. The Hall–Kier alpha value is -3.86. The standard InChI is InChI=1S/C20H20N4O4/c1-14-4-3-5-15(10-14)8-9-22-13-16(12-21)20(25)23-18-7-6-17(24(26)27)11-19(18)28-2/h3-7,10-11,13,22H,8-9H2,1-2H3,(H,23,25)/b16-13-. The highest BCUT2D eigenvalue weighted by Crippen LogP contribution is 2.29. The number of carbonyl (C=O) groups excluding carboxylic acids is 1. The number of nitro benzene ring substituents is 1. The average molecular weight is 380 g/mol. The van der Waals surface area contributed by atoms with E-state index < -0.39 is 10.8 Å². The number of methoxy groups -OCH3 is 1. The Kier molecular flexibility index (Phi) is 7.11. The van der Waals surface area contributed by atoms with Gasteiger partial charge in [0.15, 0.2) is 0 Å². The maximum absolute atomic E-state index is 12.3. The van der Waals surface area contributed by atoms with E-state index in [0.717, 1.165) is 12.0 Å². The van der Waals surface area contributed by atoms with Gasteiger partial charge >= 0.3 is 0 Å². The quantitative estimate of drug-likeness (QED) is 0.239. The normalized spacial score (nSPS) is 10.7. The third kappa shape index (κ3) is 5.57. The predicted molar refractivity (Wildman–Crippen MR) is 105 cm³/mol. The second kappa shape index (κ2) is 9.73. The summed E-state index contributed by atoms with van der Waals surface area (Å²) in [6.07, 6.45) is 2.09. The van der Waals surface area contributed by atoms with E-state index in [2.05, 4.69) is 16.7 Å². The van der Waals surface area contributed by atoms with Crippen molar-refractivity contribution in [2.75, 3.05) is 19.0 Å². The molecule has 2 rings (SSSR count). The number of amides is 1. The molecule has 2 aromatic rings. The largest absolute Gasteiger partial charge is 0.494 e. The number of nitrogens with zero attached hydrogens (tertiary/aromatic N) is 2. The molecule has 0 heterocycles. The van der Waals surface area contributed by atoms with Crippen LogP contribution in [0.3, 0.4) is 0 Å². The van der Waals surface area contributed by atoms with Crippen LogP contribution >= 0.6 is 0 Å². The zero-order chi connectivity index (χ0) is 20.5. The van der Waals surface area contributed by atoms with Gasteiger partial charge in [0.05, 0.1) is 23.8 Å². The molecule has 2 N–H and O–H groups in total. The number of aryl methyl sites for hydroxylation is 1. The Morgan fingerprint density at radius 2 is 2.11 bits per heavy atom. The molecule has 8 nitrogen and oxygen atoms in total. The van der Waals surface area contributed by atoms with E-state index in [1.165, 1.54) is 37.1 Å². The van der Waals surface area contributed by atoms with Crippen LogP contribution in [0.25, 0.3) is 0 Å². The second-order valence-corrected chi connectivity index (χ2v) is 5.96. The molecule has 0 saturated heterocycles. The second-order valence-electron chi connectivity index (χ2n) is 5.96. The molecule has 0 bridgehead atoms. The maximum atomic E-state index is 12.3. The Morgan fingerprint density at radius 3 is 2.75 bits per heavy atom. The smallest absolute Gasteiger partial charge is 0.273 e. The van der Waals surface area contributed by atoms with Gasteiger partial charge in [0, 0.05) is 18.8 Å². The summed E-state index contributed by atoms with van der Waals surface area (Å²) in [5.41, 5.74) is 2.27. The van der Waals surface area contributed by atoms with Gasteiger partial charge in [0.1, 0.15) is 17.4 Å². The van der Waals surface area contributed by atoms with Crippen molar-refractivity contribution in [2.24, 2.45) is 0 Å². The van der Waals surface area contributed by atoms with Crippen LogP contribution in [0, 0.1) is 28.4 Å². The lowest BCUT2D eigenvalue weighted by molar-refractivity contribution is -0.384. The highest BCUT2D eigenvalue weighted by atomic mass is 16.6. The van der Waals surface area contributed by atoms with Crippen molar-refractivity contribution >= 4 is 17.3 Å². The number of benzene rings is 2. The number of non-ortho nitro benzene ring substituents is 1. The number of hydrogen-bond acceptors (Lipinski definition) is 6. The SMILES string of the molecule is COc1cc([N+](=O)[O-])ccc1NC(=O)/C(C#N)=C\NCCc1cccc(C)c1. The molecule has 8 heteroatoms. The molecule has 0 fully saturated rings. The molecule has 28 heavy (non-hydrogen) atoms. The number of hydrogen-bond donors (Lipinski definition) is 2. The fraction of sp³-hybridized carbons (Fsp3) is 0.200. The van der Waals surface area contributed by atoms with E-state index in [-0.39, 0.29) is 22.7 Å². The Balaban J connectivity index is 2.00. The molecule has 0 saturated carbocycles. The van der Waals surface area contributed by atoms with E-state index in [1.807, 2.05) is 31.2 Å². The molecular formula is C20H20N4O4. The number of anilines is 1. The summed E-state index contributed by atoms with van der Waals surface area (Å²) in [5, 5.41) is 25.5. The molecule has 0 aliphatic heterocycles. The summed E-state index contributed by atoms with van der Waals surface area (Å²) in [6.45, 7) is 2.57. The summed E-state index contributed by atoms with van der Waals surface area (Å²) >= 11 is 0. The van der Waals surface area contributed by atoms with Crippen LogP contribution in [0.5, 0.6) is 5.75 Å². The Bertz CT molecular complexity index is 947. The average Bonchev–Trinajstić information content (AvgIpc) is 2.68. The van der Waals surface area contributed by atoms with E-state index in [9.17, 15) is 20.2 Å². The zero-order valence-electron chi connectivity index (χ0n) is 15.6. The number of nitro groups is 1. The van der Waals surface area contributed by atoms with Gasteiger partial charge in [0.25, 0.3) is 11.6 Å². The number of rotatable bonds is 8. The molecule has 0 aliphatic carbocycles. The molecule has 0 aromatic heterocycles. The van der Waals surface area contributed by atoms with Gasteiger partial charge in [-0.3, -0.25) is 14.9 Å². The lowest BCUT2D eigenvalue weighted by atomic mass is 10.1. The monoisotopic (exact) mass is 380 g/mol. The van der Waals surface area contributed by atoms with Gasteiger partial charge in [-0.2, -0.15) is 5.26 Å². The first-order valence-electron chi connectivity index (χ1n) is 8.47. The van der Waals surface area contributed by atoms with Gasteiger partial charge in [-0.15, -0.1) is 0 Å². The fourth-order valence-electron chi connectivity index (χ4n) is 2.49. The highest BCUT2D eigenvalue weighted by Gasteiger charge is 2.15. The van der Waals surface area contributed by atoms with Crippen molar-refractivity contribution in [2.45, 2.75) is 13.3 Å². The third-order valence-electron chi connectivity index (χ3n) is 3.90. The van der Waals surface area contributed by atoms with E-state index in [4.69, 9.17) is 4.74 Å². The van der Waals surface area contributed by atoms with E-state index in [1.54, 1.807) is 0 Å². The minimum Gasteiger partial charge on any atom is -0.494 e. The molecule has 0 unspecified atom stereocenters. The van der Waals surface area contributed by atoms with Crippen LogP contribution < -0.4 is 15.4 Å². The third-order valence-corrected chi connectivity index (χ3v) is 3.90. The van der Waals surface area contributed by atoms with Crippen LogP contribution in [0.4, 0.5) is 11.4 Å². The Morgan fingerprint density at radius 1 is 1.32 bits per heavy atom. The van der Waals surface area contributed by atoms with Crippen molar-refractivity contribution in [1.29, 1.82) is 5.26 Å². The van der Waals surface area contributed by atoms with Gasteiger partial charge in [-0.25, -0.2) is 0 Å². The van der Waals surface area contributed by atoms with E-state index in [0.29, 0.717) is 6.54 Å². The minimum absolute atomic E-state index is 0.121. The van der Waals surface area contributed by atoms with Crippen LogP contribution in [0.2, 0.25) is 0 Å². The molecule has 0 aliphatic rings. The zero-order valence-corrected chi connectivity index (χ0v) is 15.6. The maximum Gasteiger partial charge on any atom is 0.273 e. The van der Waals surface area contributed by atoms with Crippen LogP contribution in [0.15, 0.2) is 54.2 Å². The molecule has 0 radical (unpaired) electrons. The van der Waals surface area contributed by atoms with Crippen molar-refractivity contribution in [1.82, 2.24) is 5.32 Å². The van der Waals surface area contributed by atoms with Crippen LogP contribution in [-0.4, -0.2) is 24.5 Å². The van der Waals surface area contributed by atoms with Crippen molar-refractivity contribution in [3.8, 4) is 11.8 Å². The lowest BCUT2D eigenvalue weighted by Gasteiger charge is -2.09. The lowest BCUT2D eigenvalue weighted by Crippen LogP contribution is -2.18. The highest BCUT2D eigenvalue weighted by molar-refractivity contribution is 6.07. The van der Waals surface area contributed by atoms with Gasteiger partial charge in [0.2, 0.25) is 0 Å². The predicted octanol–water partition coefficient (Wildman–Crippen LogP) is 3.09. The number of ether oxygens (including phenoxy) is 1. The fourth-order valence-corrected chi connectivity index (χ4v) is 2.49. The van der Waals surface area contributed by atoms with Crippen molar-refractivity contribution in [3.63, 3.8) is 0 Å². The number of nitrogens with one attached hydrogen (secondary N) is 2. The summed E-state index contributed by atoms with van der Waals surface area (Å²) in [4.78, 5) is 22.6. The van der Waals surface area contributed by atoms with Crippen molar-refractivity contribution in [3.05, 3.63) is 75.5 Å². The molecule has 0 spiro atoms. The minimum atomic E-state index is -0.641. The number of nitriles is 1. The first kappa shape index (κ1) is 20.5. The van der Waals surface area contributed by atoms with Crippen molar-refractivity contribution < 1.29 is 14.5 Å². The summed E-state index contributed by atoms with van der Waals surface area (Å²) in [6, 6.07) is 13.7. The van der Waals surface area contributed by atoms with Gasteiger partial charge in [-0.05, 0) is 25.0 Å². The first-order valence-corrected chi connectivity index (χ1v) is 8.47. The number of carbonyl (C=O) groups is 1. The van der Waals surface area contributed by atoms with Gasteiger partial charge < -0.3 is 15.4 Å². The van der Waals surface area contributed by atoms with Crippen LogP contribution in [-0.2, 0) is 11.2 Å². The van der Waals surface area contributed by atoms with E-state index >= 15 is 0 Å². The molecular weight excluding hydrogens is 360 g/mol. The summed E-state index contributed by atoms with van der Waals surface area (Å²) < 4.78 is 5.07. The van der Waals surface area contributed by atoms with Gasteiger partial charge in [-0.1, -0.05) is 29.8 Å². The first-order chi connectivity index (χ1) is 13.4. The summed E-state index contributed by atoms with van der Waals surface area (Å²) in [7, 11) is 1.34. The molecule has 144 valence electrons. The molecule has 1 amide bonds. The Labute approximate surface area is 162 Å². The summed E-state index contributed by atoms with van der Waals surface area (Å²) in [5.74, 6) is -0.509. The topological polar surface area (TPSA) is 117 Å². The molecule has 2 aromatic carbocycles.